The molecule has 0 aliphatic heterocycles. The Labute approximate surface area is 91.2 Å². The summed E-state index contributed by atoms with van der Waals surface area (Å²) < 4.78 is 1.07. The van der Waals surface area contributed by atoms with Crippen LogP contribution in [0.1, 0.15) is 24.0 Å². The van der Waals surface area contributed by atoms with Crippen LogP contribution in [0, 0.1) is 6.92 Å². The Kier molecular flexibility index (Phi) is 2.30. The van der Waals surface area contributed by atoms with E-state index in [-0.39, 0.29) is 5.54 Å². The number of halogens is 1. The average Bonchev–Trinajstić information content (AvgIpc) is 2.91. The second kappa shape index (κ2) is 3.34. The van der Waals surface area contributed by atoms with Gasteiger partial charge < -0.3 is 0 Å². The molecule has 1 aliphatic carbocycles. The quantitative estimate of drug-likeness (QED) is 0.587. The Hall–Kier alpha value is -0.920. The van der Waals surface area contributed by atoms with Gasteiger partial charge in [0.05, 0.1) is 5.54 Å². The third kappa shape index (κ3) is 1.43. The molecule has 1 aliphatic rings. The van der Waals surface area contributed by atoms with Crippen molar-refractivity contribution in [2.45, 2.75) is 25.3 Å². The minimum absolute atomic E-state index is 0.254. The van der Waals surface area contributed by atoms with E-state index in [1.54, 1.807) is 6.08 Å². The van der Waals surface area contributed by atoms with E-state index < -0.39 is 0 Å². The highest BCUT2D eigenvalue weighted by atomic mass is 79.9. The molecular formula is C11H10BrNO. The summed E-state index contributed by atoms with van der Waals surface area (Å²) in [5.41, 5.74) is 2.06. The van der Waals surface area contributed by atoms with Crippen LogP contribution in [0.5, 0.6) is 0 Å². The summed E-state index contributed by atoms with van der Waals surface area (Å²) in [6.45, 7) is 2.04. The molecule has 1 aromatic rings. The molecule has 0 radical (unpaired) electrons. The molecule has 0 saturated heterocycles. The third-order valence-corrected chi connectivity index (χ3v) is 3.61. The maximum absolute atomic E-state index is 10.3. The molecule has 0 N–H and O–H groups in total. The van der Waals surface area contributed by atoms with E-state index in [9.17, 15) is 4.79 Å². The predicted octanol–water partition coefficient (Wildman–Crippen LogP) is 3.08. The molecule has 0 heterocycles. The number of carbonyl (C=O) groups excluding carboxylic acids is 1. The van der Waals surface area contributed by atoms with Crippen molar-refractivity contribution < 1.29 is 4.79 Å². The lowest BCUT2D eigenvalue weighted by Crippen LogP contribution is -2.04. The van der Waals surface area contributed by atoms with E-state index in [0.29, 0.717) is 0 Å². The van der Waals surface area contributed by atoms with Crippen molar-refractivity contribution in [2.24, 2.45) is 4.99 Å². The Bertz CT molecular complexity index is 417. The topological polar surface area (TPSA) is 29.4 Å². The summed E-state index contributed by atoms with van der Waals surface area (Å²) in [6, 6.07) is 6.01. The van der Waals surface area contributed by atoms with Crippen LogP contribution in [-0.2, 0) is 10.3 Å². The summed E-state index contributed by atoms with van der Waals surface area (Å²) in [5, 5.41) is 0. The van der Waals surface area contributed by atoms with E-state index in [1.165, 1.54) is 5.56 Å². The van der Waals surface area contributed by atoms with Crippen molar-refractivity contribution in [3.63, 3.8) is 0 Å². The lowest BCUT2D eigenvalue weighted by atomic mass is 10.00. The molecule has 2 nitrogen and oxygen atoms in total. The molecule has 72 valence electrons. The first-order chi connectivity index (χ1) is 6.69. The van der Waals surface area contributed by atoms with Crippen LogP contribution in [0.3, 0.4) is 0 Å². The number of benzene rings is 1. The Morgan fingerprint density at radius 3 is 2.79 bits per heavy atom. The van der Waals surface area contributed by atoms with E-state index in [1.807, 2.05) is 25.1 Å². The molecule has 0 unspecified atom stereocenters. The fourth-order valence-electron chi connectivity index (χ4n) is 1.76. The molecule has 0 bridgehead atoms. The van der Waals surface area contributed by atoms with Crippen LogP contribution in [0.4, 0.5) is 0 Å². The highest BCUT2D eigenvalue weighted by molar-refractivity contribution is 9.10. The van der Waals surface area contributed by atoms with Gasteiger partial charge in [-0.2, -0.15) is 4.99 Å². The van der Waals surface area contributed by atoms with Gasteiger partial charge in [0.2, 0.25) is 6.08 Å². The molecule has 0 spiro atoms. The van der Waals surface area contributed by atoms with Gasteiger partial charge in [-0.3, -0.25) is 0 Å². The van der Waals surface area contributed by atoms with Crippen LogP contribution in [-0.4, -0.2) is 6.08 Å². The van der Waals surface area contributed by atoms with E-state index in [4.69, 9.17) is 0 Å². The van der Waals surface area contributed by atoms with Crippen molar-refractivity contribution >= 4 is 22.0 Å². The number of nitrogens with zero attached hydrogens (tertiary/aromatic N) is 1. The smallest absolute Gasteiger partial charge is 0.211 e. The van der Waals surface area contributed by atoms with Gasteiger partial charge in [-0.15, -0.1) is 0 Å². The third-order valence-electron chi connectivity index (χ3n) is 2.75. The first-order valence-electron chi connectivity index (χ1n) is 4.54. The molecule has 0 atom stereocenters. The minimum Gasteiger partial charge on any atom is -0.211 e. The molecular weight excluding hydrogens is 242 g/mol. The number of aliphatic imine (C=N–C) groups is 1. The number of isocyanates is 1. The van der Waals surface area contributed by atoms with Crippen LogP contribution in [0.2, 0.25) is 0 Å². The molecule has 3 heteroatoms. The van der Waals surface area contributed by atoms with Crippen LogP contribution in [0.15, 0.2) is 27.7 Å². The van der Waals surface area contributed by atoms with Crippen LogP contribution in [0.25, 0.3) is 0 Å². The van der Waals surface area contributed by atoms with Gasteiger partial charge in [-0.25, -0.2) is 4.79 Å². The predicted molar refractivity (Wildman–Crippen MR) is 57.9 cm³/mol. The number of hydrogen-bond acceptors (Lipinski definition) is 2. The molecule has 2 rings (SSSR count). The standard InChI is InChI=1S/C11H10BrNO/c1-8-9(3-2-4-10(8)12)11(5-6-11)13-7-14/h2-4H,5-6H2,1H3. The van der Waals surface area contributed by atoms with Gasteiger partial charge in [-0.05, 0) is 37.0 Å². The number of rotatable bonds is 2. The number of hydrogen-bond donors (Lipinski definition) is 0. The zero-order chi connectivity index (χ0) is 10.2. The Morgan fingerprint density at radius 1 is 1.50 bits per heavy atom. The van der Waals surface area contributed by atoms with Gasteiger partial charge in [-0.1, -0.05) is 28.1 Å². The summed E-state index contributed by atoms with van der Waals surface area (Å²) in [5.74, 6) is 0. The zero-order valence-corrected chi connectivity index (χ0v) is 9.47. The Balaban J connectivity index is 2.52. The molecule has 0 amide bonds. The summed E-state index contributed by atoms with van der Waals surface area (Å²) >= 11 is 3.48. The van der Waals surface area contributed by atoms with E-state index >= 15 is 0 Å². The van der Waals surface area contributed by atoms with Gasteiger partial charge in [0.1, 0.15) is 0 Å². The second-order valence-electron chi connectivity index (χ2n) is 3.65. The average molecular weight is 252 g/mol. The normalized spacial score (nSPS) is 17.3. The highest BCUT2D eigenvalue weighted by Gasteiger charge is 2.45. The highest BCUT2D eigenvalue weighted by Crippen LogP contribution is 2.50. The lowest BCUT2D eigenvalue weighted by Gasteiger charge is -2.12. The van der Waals surface area contributed by atoms with E-state index in [2.05, 4.69) is 20.9 Å². The van der Waals surface area contributed by atoms with Crippen LogP contribution >= 0.6 is 15.9 Å². The SMILES string of the molecule is Cc1c(Br)cccc1C1(N=C=O)CC1. The summed E-state index contributed by atoms with van der Waals surface area (Å²) in [6.07, 6.45) is 3.59. The largest absolute Gasteiger partial charge is 0.235 e. The first kappa shape index (κ1) is 9.63. The van der Waals surface area contributed by atoms with Crippen molar-refractivity contribution in [2.75, 3.05) is 0 Å². The monoisotopic (exact) mass is 251 g/mol. The second-order valence-corrected chi connectivity index (χ2v) is 4.50. The molecule has 1 saturated carbocycles. The van der Waals surface area contributed by atoms with Crippen LogP contribution < -0.4 is 0 Å². The fourth-order valence-corrected chi connectivity index (χ4v) is 2.12. The maximum atomic E-state index is 10.3. The maximum Gasteiger partial charge on any atom is 0.235 e. The van der Waals surface area contributed by atoms with E-state index in [0.717, 1.165) is 22.9 Å². The molecule has 1 fully saturated rings. The molecule has 14 heavy (non-hydrogen) atoms. The summed E-state index contributed by atoms with van der Waals surface area (Å²) in [7, 11) is 0. The zero-order valence-electron chi connectivity index (χ0n) is 7.88. The fraction of sp³-hybridized carbons (Fsp3) is 0.364. The van der Waals surface area contributed by atoms with Gasteiger partial charge in [0, 0.05) is 4.47 Å². The van der Waals surface area contributed by atoms with Crippen molar-refractivity contribution in [3.05, 3.63) is 33.8 Å². The van der Waals surface area contributed by atoms with Crippen molar-refractivity contribution in [1.29, 1.82) is 0 Å². The van der Waals surface area contributed by atoms with Gasteiger partial charge in [0.15, 0.2) is 0 Å². The van der Waals surface area contributed by atoms with Crippen molar-refractivity contribution in [1.82, 2.24) is 0 Å². The minimum atomic E-state index is -0.254. The Morgan fingerprint density at radius 2 is 2.21 bits per heavy atom. The lowest BCUT2D eigenvalue weighted by molar-refractivity contribution is 0.556. The van der Waals surface area contributed by atoms with Gasteiger partial charge >= 0.3 is 0 Å². The molecule has 1 aromatic carbocycles. The first-order valence-corrected chi connectivity index (χ1v) is 5.33. The van der Waals surface area contributed by atoms with Crippen molar-refractivity contribution in [3.8, 4) is 0 Å². The molecule has 0 aromatic heterocycles. The summed E-state index contributed by atoms with van der Waals surface area (Å²) in [4.78, 5) is 14.2. The van der Waals surface area contributed by atoms with Gasteiger partial charge in [0.25, 0.3) is 0 Å².